The molecule has 0 radical (unpaired) electrons. The van der Waals surface area contributed by atoms with Crippen molar-refractivity contribution in [2.24, 2.45) is 5.92 Å². The van der Waals surface area contributed by atoms with Gasteiger partial charge in [0.2, 0.25) is 0 Å². The van der Waals surface area contributed by atoms with Crippen LogP contribution in [-0.4, -0.2) is 26.5 Å². The Morgan fingerprint density at radius 1 is 1.48 bits per heavy atom. The van der Waals surface area contributed by atoms with Gasteiger partial charge in [0.05, 0.1) is 27.0 Å². The van der Waals surface area contributed by atoms with Gasteiger partial charge < -0.3 is 5.32 Å². The molecule has 1 heterocycles. The lowest BCUT2D eigenvalue weighted by Gasteiger charge is -2.04. The number of nitrogens with one attached hydrogen (secondary N) is 1. The highest BCUT2D eigenvalue weighted by Crippen LogP contribution is 2.26. The molecule has 0 bridgehead atoms. The third-order valence-corrected chi connectivity index (χ3v) is 3.46. The average Bonchev–Trinajstić information content (AvgIpc) is 2.87. The van der Waals surface area contributed by atoms with Crippen LogP contribution in [0, 0.1) is 16.0 Å². The minimum Gasteiger partial charge on any atom is -0.311 e. The van der Waals surface area contributed by atoms with Crippen LogP contribution in [0.25, 0.3) is 5.69 Å². The number of nitro groups is 1. The number of nitro benzene ring substituents is 1. The topological polar surface area (TPSA) is 85.9 Å². The lowest BCUT2D eigenvalue weighted by atomic mass is 10.2. The zero-order valence-corrected chi connectivity index (χ0v) is 13.4. The second kappa shape index (κ2) is 6.77. The zero-order chi connectivity index (χ0) is 15.4. The van der Waals surface area contributed by atoms with Gasteiger partial charge in [0.15, 0.2) is 0 Å². The van der Waals surface area contributed by atoms with Gasteiger partial charge in [0, 0.05) is 12.6 Å². The summed E-state index contributed by atoms with van der Waals surface area (Å²) >= 11 is 3.16. The minimum absolute atomic E-state index is 0.00230. The summed E-state index contributed by atoms with van der Waals surface area (Å²) in [7, 11) is 0. The lowest BCUT2D eigenvalue weighted by molar-refractivity contribution is -0.385. The van der Waals surface area contributed by atoms with Crippen LogP contribution >= 0.6 is 15.9 Å². The molecule has 0 atom stereocenters. The molecular weight excluding hydrogens is 338 g/mol. The first kappa shape index (κ1) is 15.6. The second-order valence-corrected chi connectivity index (χ2v) is 5.93. The normalized spacial score (nSPS) is 11.0. The molecular formula is C13H16BrN5O2. The highest BCUT2D eigenvalue weighted by atomic mass is 79.9. The van der Waals surface area contributed by atoms with Crippen molar-refractivity contribution in [3.05, 3.63) is 44.7 Å². The van der Waals surface area contributed by atoms with E-state index in [1.807, 2.05) is 0 Å². The Hall–Kier alpha value is -1.80. The summed E-state index contributed by atoms with van der Waals surface area (Å²) < 4.78 is 1.97. The van der Waals surface area contributed by atoms with Crippen LogP contribution in [0.1, 0.15) is 19.5 Å². The Bertz CT molecular complexity index is 641. The second-order valence-electron chi connectivity index (χ2n) is 5.07. The van der Waals surface area contributed by atoms with Crippen molar-refractivity contribution in [3.8, 4) is 5.69 Å². The van der Waals surface area contributed by atoms with Crippen molar-refractivity contribution in [2.75, 3.05) is 6.54 Å². The minimum atomic E-state index is -0.435. The predicted molar refractivity (Wildman–Crippen MR) is 82.3 cm³/mol. The van der Waals surface area contributed by atoms with E-state index in [1.54, 1.807) is 18.3 Å². The third-order valence-electron chi connectivity index (χ3n) is 2.79. The van der Waals surface area contributed by atoms with E-state index in [1.165, 1.54) is 10.7 Å². The Labute approximate surface area is 130 Å². The Balaban J connectivity index is 2.14. The molecule has 1 N–H and O–H groups in total. The number of halogens is 1. The number of nitrogens with zero attached hydrogens (tertiary/aromatic N) is 4. The highest BCUT2D eigenvalue weighted by Gasteiger charge is 2.14. The SMILES string of the molecule is CC(C)CNCc1cn(-c2ccc(Br)c([N+](=O)[O-])c2)nn1. The van der Waals surface area contributed by atoms with Gasteiger partial charge in [0.25, 0.3) is 5.69 Å². The van der Waals surface area contributed by atoms with E-state index < -0.39 is 4.92 Å². The van der Waals surface area contributed by atoms with Crippen molar-refractivity contribution in [1.82, 2.24) is 20.3 Å². The van der Waals surface area contributed by atoms with Crippen LogP contribution in [0.5, 0.6) is 0 Å². The number of rotatable bonds is 6. The Kier molecular flexibility index (Phi) is 5.03. The van der Waals surface area contributed by atoms with E-state index >= 15 is 0 Å². The summed E-state index contributed by atoms with van der Waals surface area (Å²) in [6.07, 6.45) is 1.76. The summed E-state index contributed by atoms with van der Waals surface area (Å²) in [5, 5.41) is 22.3. The van der Waals surface area contributed by atoms with E-state index in [0.717, 1.165) is 12.2 Å². The van der Waals surface area contributed by atoms with Gasteiger partial charge >= 0.3 is 0 Å². The van der Waals surface area contributed by atoms with Crippen LogP contribution in [0.2, 0.25) is 0 Å². The van der Waals surface area contributed by atoms with Crippen LogP contribution in [0.3, 0.4) is 0 Å². The molecule has 2 rings (SSSR count). The maximum atomic E-state index is 10.9. The van der Waals surface area contributed by atoms with E-state index in [4.69, 9.17) is 0 Å². The number of benzene rings is 1. The first-order chi connectivity index (χ1) is 9.97. The van der Waals surface area contributed by atoms with Crippen LogP contribution in [0.15, 0.2) is 28.9 Å². The molecule has 112 valence electrons. The quantitative estimate of drug-likeness (QED) is 0.637. The first-order valence-electron chi connectivity index (χ1n) is 6.53. The van der Waals surface area contributed by atoms with Crippen LogP contribution in [0.4, 0.5) is 5.69 Å². The zero-order valence-electron chi connectivity index (χ0n) is 11.8. The van der Waals surface area contributed by atoms with Crippen LogP contribution in [-0.2, 0) is 6.54 Å². The van der Waals surface area contributed by atoms with E-state index in [0.29, 0.717) is 22.6 Å². The van der Waals surface area contributed by atoms with E-state index in [-0.39, 0.29) is 5.69 Å². The largest absolute Gasteiger partial charge is 0.311 e. The molecule has 0 amide bonds. The van der Waals surface area contributed by atoms with E-state index in [2.05, 4.69) is 45.4 Å². The molecule has 0 aliphatic rings. The number of hydrogen-bond acceptors (Lipinski definition) is 5. The summed E-state index contributed by atoms with van der Waals surface area (Å²) in [6, 6.07) is 4.84. The van der Waals surface area contributed by atoms with Gasteiger partial charge in [-0.2, -0.15) is 0 Å². The molecule has 1 aromatic carbocycles. The van der Waals surface area contributed by atoms with Gasteiger partial charge in [-0.25, -0.2) is 4.68 Å². The molecule has 0 fully saturated rings. The smallest absolute Gasteiger partial charge is 0.285 e. The van der Waals surface area contributed by atoms with Gasteiger partial charge in [-0.05, 0) is 40.5 Å². The standard InChI is InChI=1S/C13H16BrN5O2/c1-9(2)6-15-7-10-8-18(17-16-10)11-3-4-12(14)13(5-11)19(20)21/h3-5,8-9,15H,6-7H2,1-2H3. The third kappa shape index (κ3) is 4.08. The first-order valence-corrected chi connectivity index (χ1v) is 7.33. The summed E-state index contributed by atoms with van der Waals surface area (Å²) in [6.45, 7) is 5.78. The van der Waals surface area contributed by atoms with Crippen molar-refractivity contribution < 1.29 is 4.92 Å². The molecule has 7 nitrogen and oxygen atoms in total. The summed E-state index contributed by atoms with van der Waals surface area (Å²) in [4.78, 5) is 10.5. The lowest BCUT2D eigenvalue weighted by Crippen LogP contribution is -2.19. The molecule has 8 heteroatoms. The fourth-order valence-electron chi connectivity index (χ4n) is 1.78. The van der Waals surface area contributed by atoms with Crippen molar-refractivity contribution >= 4 is 21.6 Å². The maximum Gasteiger partial charge on any atom is 0.285 e. The monoisotopic (exact) mass is 353 g/mol. The fraction of sp³-hybridized carbons (Fsp3) is 0.385. The number of aromatic nitrogens is 3. The van der Waals surface area contributed by atoms with Crippen molar-refractivity contribution in [2.45, 2.75) is 20.4 Å². The maximum absolute atomic E-state index is 10.9. The Morgan fingerprint density at radius 3 is 2.90 bits per heavy atom. The molecule has 0 aliphatic carbocycles. The molecule has 0 spiro atoms. The molecule has 21 heavy (non-hydrogen) atoms. The molecule has 1 aromatic heterocycles. The van der Waals surface area contributed by atoms with Crippen LogP contribution < -0.4 is 5.32 Å². The molecule has 0 unspecified atom stereocenters. The average molecular weight is 354 g/mol. The van der Waals surface area contributed by atoms with Gasteiger partial charge in [-0.1, -0.05) is 19.1 Å². The van der Waals surface area contributed by atoms with Crippen molar-refractivity contribution in [1.29, 1.82) is 0 Å². The molecule has 0 saturated carbocycles. The highest BCUT2D eigenvalue weighted by molar-refractivity contribution is 9.10. The molecule has 0 saturated heterocycles. The van der Waals surface area contributed by atoms with Gasteiger partial charge in [-0.15, -0.1) is 5.10 Å². The van der Waals surface area contributed by atoms with Gasteiger partial charge in [0.1, 0.15) is 0 Å². The molecule has 2 aromatic rings. The summed E-state index contributed by atoms with van der Waals surface area (Å²) in [5.74, 6) is 0.564. The predicted octanol–water partition coefficient (Wildman–Crippen LogP) is 2.68. The molecule has 0 aliphatic heterocycles. The number of hydrogen-bond donors (Lipinski definition) is 1. The van der Waals surface area contributed by atoms with Gasteiger partial charge in [-0.3, -0.25) is 10.1 Å². The van der Waals surface area contributed by atoms with Crippen molar-refractivity contribution in [3.63, 3.8) is 0 Å². The van der Waals surface area contributed by atoms with E-state index in [9.17, 15) is 10.1 Å². The summed E-state index contributed by atoms with van der Waals surface area (Å²) in [5.41, 5.74) is 1.40. The Morgan fingerprint density at radius 2 is 2.24 bits per heavy atom. The fourth-order valence-corrected chi connectivity index (χ4v) is 2.17.